The Balaban J connectivity index is 1.46. The highest BCUT2D eigenvalue weighted by molar-refractivity contribution is 7.10. The molecule has 1 aliphatic heterocycles. The minimum atomic E-state index is 0.540. The summed E-state index contributed by atoms with van der Waals surface area (Å²) in [4.78, 5) is 8.39. The number of nitrogens with zero attached hydrogens (tertiary/aromatic N) is 3. The molecule has 4 aromatic rings. The molecule has 1 saturated heterocycles. The third-order valence-electron chi connectivity index (χ3n) is 6.10. The molecule has 0 aliphatic carbocycles. The van der Waals surface area contributed by atoms with Crippen LogP contribution in [0.3, 0.4) is 0 Å². The predicted octanol–water partition coefficient (Wildman–Crippen LogP) is 6.03. The maximum Gasteiger partial charge on any atom is 0.103 e. The predicted molar refractivity (Wildman–Crippen MR) is 135 cm³/mol. The van der Waals surface area contributed by atoms with Gasteiger partial charge in [0.05, 0.1) is 30.0 Å². The van der Waals surface area contributed by atoms with Gasteiger partial charge in [0.15, 0.2) is 0 Å². The third-order valence-corrected chi connectivity index (χ3v) is 7.02. The van der Waals surface area contributed by atoms with Crippen LogP contribution < -0.4 is 5.32 Å². The van der Waals surface area contributed by atoms with Crippen molar-refractivity contribution in [1.82, 2.24) is 9.88 Å². The van der Waals surface area contributed by atoms with Crippen LogP contribution in [-0.4, -0.2) is 36.2 Å². The zero-order chi connectivity index (χ0) is 22.8. The van der Waals surface area contributed by atoms with Crippen LogP contribution in [-0.2, 0) is 11.3 Å². The third kappa shape index (κ3) is 4.62. The first-order valence-electron chi connectivity index (χ1n) is 11.2. The number of nitriles is 1. The van der Waals surface area contributed by atoms with E-state index >= 15 is 0 Å². The molecule has 5 nitrogen and oxygen atoms in total. The molecular formula is C27H26N4OS. The average molecular weight is 455 g/mol. The molecule has 0 saturated carbocycles. The van der Waals surface area contributed by atoms with Crippen LogP contribution in [0.5, 0.6) is 0 Å². The van der Waals surface area contributed by atoms with Crippen LogP contribution in [0, 0.1) is 25.2 Å². The van der Waals surface area contributed by atoms with Gasteiger partial charge in [0.2, 0.25) is 0 Å². The van der Waals surface area contributed by atoms with Gasteiger partial charge in [-0.15, -0.1) is 11.3 Å². The first-order valence-corrected chi connectivity index (χ1v) is 12.0. The molecule has 166 valence electrons. The monoisotopic (exact) mass is 454 g/mol. The molecule has 0 radical (unpaired) electrons. The van der Waals surface area contributed by atoms with E-state index in [2.05, 4.69) is 83.0 Å². The summed E-state index contributed by atoms with van der Waals surface area (Å²) in [6.07, 6.45) is 1.66. The van der Waals surface area contributed by atoms with Gasteiger partial charge in [0, 0.05) is 41.8 Å². The fraction of sp³-hybridized carbons (Fsp3) is 0.259. The first kappa shape index (κ1) is 21.6. The summed E-state index contributed by atoms with van der Waals surface area (Å²) in [7, 11) is 0. The number of ether oxygens (including phenoxy) is 1. The van der Waals surface area contributed by atoms with Crippen molar-refractivity contribution in [3.05, 3.63) is 75.6 Å². The van der Waals surface area contributed by atoms with E-state index in [9.17, 15) is 5.26 Å². The summed E-state index contributed by atoms with van der Waals surface area (Å²) in [5.74, 6) is 0. The number of nitrogens with one attached hydrogen (secondary N) is 1. The van der Waals surface area contributed by atoms with Crippen molar-refractivity contribution >= 4 is 33.6 Å². The van der Waals surface area contributed by atoms with E-state index in [4.69, 9.17) is 4.74 Å². The van der Waals surface area contributed by atoms with Gasteiger partial charge in [-0.1, -0.05) is 29.8 Å². The van der Waals surface area contributed by atoms with Gasteiger partial charge in [-0.3, -0.25) is 9.88 Å². The van der Waals surface area contributed by atoms with Gasteiger partial charge < -0.3 is 10.1 Å². The second-order valence-electron chi connectivity index (χ2n) is 8.52. The number of thiophene rings is 1. The second kappa shape index (κ2) is 9.32. The van der Waals surface area contributed by atoms with Crippen molar-refractivity contribution in [2.24, 2.45) is 0 Å². The Morgan fingerprint density at radius 1 is 1.09 bits per heavy atom. The van der Waals surface area contributed by atoms with E-state index in [1.54, 1.807) is 17.5 Å². The Bertz CT molecular complexity index is 1350. The molecule has 1 fully saturated rings. The summed E-state index contributed by atoms with van der Waals surface area (Å²) in [6, 6.07) is 17.2. The Kier molecular flexibility index (Phi) is 6.10. The SMILES string of the molecule is Cc1ccc(Nc2c(C#N)cnc3cc(-c4csc(CN5CCOCC5)c4)ccc23)c(C)c1. The summed E-state index contributed by atoms with van der Waals surface area (Å²) in [5, 5.41) is 16.4. The molecule has 0 bridgehead atoms. The lowest BCUT2D eigenvalue weighted by Gasteiger charge is -2.25. The van der Waals surface area contributed by atoms with Crippen molar-refractivity contribution in [1.29, 1.82) is 5.26 Å². The zero-order valence-electron chi connectivity index (χ0n) is 18.9. The number of rotatable bonds is 5. The maximum absolute atomic E-state index is 9.70. The van der Waals surface area contributed by atoms with E-state index < -0.39 is 0 Å². The molecule has 5 rings (SSSR count). The lowest BCUT2D eigenvalue weighted by atomic mass is 10.0. The van der Waals surface area contributed by atoms with Gasteiger partial charge in [-0.05, 0) is 54.1 Å². The quantitative estimate of drug-likeness (QED) is 0.399. The van der Waals surface area contributed by atoms with E-state index in [1.807, 2.05) is 0 Å². The van der Waals surface area contributed by atoms with Crippen LogP contribution in [0.15, 0.2) is 54.0 Å². The summed E-state index contributed by atoms with van der Waals surface area (Å²) in [5.41, 5.74) is 7.93. The number of aromatic nitrogens is 1. The highest BCUT2D eigenvalue weighted by Crippen LogP contribution is 2.34. The van der Waals surface area contributed by atoms with Crippen LogP contribution in [0.4, 0.5) is 11.4 Å². The van der Waals surface area contributed by atoms with Gasteiger partial charge in [0.1, 0.15) is 6.07 Å². The molecule has 0 amide bonds. The normalized spacial score (nSPS) is 14.3. The number of hydrogen-bond donors (Lipinski definition) is 1. The Morgan fingerprint density at radius 3 is 2.73 bits per heavy atom. The lowest BCUT2D eigenvalue weighted by Crippen LogP contribution is -2.35. The number of pyridine rings is 1. The lowest BCUT2D eigenvalue weighted by molar-refractivity contribution is 0.0346. The van der Waals surface area contributed by atoms with Crippen molar-refractivity contribution in [3.8, 4) is 17.2 Å². The minimum Gasteiger partial charge on any atom is -0.379 e. The molecule has 2 aromatic heterocycles. The average Bonchev–Trinajstić information content (AvgIpc) is 3.29. The standard InChI is InChI=1S/C27H26N4OS/c1-18-3-6-25(19(2)11-18)30-27-22(14-28)15-29-26-13-20(4-5-24(26)27)21-12-23(33-17-21)16-31-7-9-32-10-8-31/h3-6,11-13,15,17H,7-10,16H2,1-2H3,(H,29,30). The smallest absolute Gasteiger partial charge is 0.103 e. The topological polar surface area (TPSA) is 61.2 Å². The largest absolute Gasteiger partial charge is 0.379 e. The van der Waals surface area contributed by atoms with Gasteiger partial charge >= 0.3 is 0 Å². The Morgan fingerprint density at radius 2 is 1.94 bits per heavy atom. The second-order valence-corrected chi connectivity index (χ2v) is 9.52. The molecule has 0 unspecified atom stereocenters. The Labute approximate surface area is 198 Å². The highest BCUT2D eigenvalue weighted by Gasteiger charge is 2.14. The first-order chi connectivity index (χ1) is 16.1. The number of hydrogen-bond acceptors (Lipinski definition) is 6. The Hall–Kier alpha value is -3.24. The van der Waals surface area contributed by atoms with Crippen molar-refractivity contribution in [2.75, 3.05) is 31.6 Å². The van der Waals surface area contributed by atoms with Crippen molar-refractivity contribution in [3.63, 3.8) is 0 Å². The molecule has 2 aromatic carbocycles. The van der Waals surface area contributed by atoms with Crippen LogP contribution in [0.25, 0.3) is 22.0 Å². The van der Waals surface area contributed by atoms with Crippen LogP contribution in [0.1, 0.15) is 21.6 Å². The summed E-state index contributed by atoms with van der Waals surface area (Å²) < 4.78 is 5.46. The van der Waals surface area contributed by atoms with Crippen LogP contribution >= 0.6 is 11.3 Å². The van der Waals surface area contributed by atoms with Crippen LogP contribution in [0.2, 0.25) is 0 Å². The maximum atomic E-state index is 9.70. The van der Waals surface area contributed by atoms with Gasteiger partial charge in [-0.2, -0.15) is 5.26 Å². The molecule has 1 aliphatic rings. The number of aryl methyl sites for hydroxylation is 2. The van der Waals surface area contributed by atoms with Gasteiger partial charge in [0.25, 0.3) is 0 Å². The summed E-state index contributed by atoms with van der Waals surface area (Å²) in [6.45, 7) is 8.74. The molecule has 1 N–H and O–H groups in total. The molecule has 33 heavy (non-hydrogen) atoms. The van der Waals surface area contributed by atoms with E-state index in [1.165, 1.54) is 16.0 Å². The van der Waals surface area contributed by atoms with E-state index in [0.29, 0.717) is 5.56 Å². The van der Waals surface area contributed by atoms with E-state index in [0.717, 1.165) is 66.3 Å². The minimum absolute atomic E-state index is 0.540. The molecule has 6 heteroatoms. The number of benzene rings is 2. The fourth-order valence-corrected chi connectivity index (χ4v) is 5.21. The molecule has 0 atom stereocenters. The van der Waals surface area contributed by atoms with Crippen molar-refractivity contribution in [2.45, 2.75) is 20.4 Å². The summed E-state index contributed by atoms with van der Waals surface area (Å²) >= 11 is 1.80. The number of fused-ring (bicyclic) bond motifs is 1. The number of morpholine rings is 1. The van der Waals surface area contributed by atoms with E-state index in [-0.39, 0.29) is 0 Å². The molecular weight excluding hydrogens is 428 g/mol. The van der Waals surface area contributed by atoms with Gasteiger partial charge in [-0.25, -0.2) is 0 Å². The highest BCUT2D eigenvalue weighted by atomic mass is 32.1. The zero-order valence-corrected chi connectivity index (χ0v) is 19.7. The molecule has 3 heterocycles. The number of anilines is 2. The fourth-order valence-electron chi connectivity index (χ4n) is 4.28. The van der Waals surface area contributed by atoms with Crippen molar-refractivity contribution < 1.29 is 4.74 Å². The molecule has 0 spiro atoms.